The van der Waals surface area contributed by atoms with Gasteiger partial charge in [0, 0.05) is 38.0 Å². The Labute approximate surface area is 164 Å². The zero-order valence-corrected chi connectivity index (χ0v) is 16.3. The molecule has 2 fully saturated rings. The molecule has 2 saturated heterocycles. The molecule has 1 spiro atoms. The maximum atomic E-state index is 13.2. The molecule has 2 aromatic heterocycles. The summed E-state index contributed by atoms with van der Waals surface area (Å²) < 4.78 is 1.52. The van der Waals surface area contributed by atoms with Crippen LogP contribution in [0.5, 0.6) is 0 Å². The second-order valence-corrected chi connectivity index (χ2v) is 7.98. The first-order valence-corrected chi connectivity index (χ1v) is 10.1. The van der Waals surface area contributed by atoms with E-state index in [2.05, 4.69) is 27.4 Å². The van der Waals surface area contributed by atoms with E-state index in [9.17, 15) is 9.59 Å². The van der Waals surface area contributed by atoms with E-state index in [4.69, 9.17) is 0 Å². The first kappa shape index (κ1) is 18.6. The number of carbonyl (C=O) groups excluding carboxylic acids is 2. The van der Waals surface area contributed by atoms with Gasteiger partial charge in [-0.1, -0.05) is 18.6 Å². The third-order valence-electron chi connectivity index (χ3n) is 5.98. The van der Waals surface area contributed by atoms with Crippen LogP contribution in [0.25, 0.3) is 5.82 Å². The van der Waals surface area contributed by atoms with E-state index >= 15 is 0 Å². The van der Waals surface area contributed by atoms with Crippen molar-refractivity contribution in [3.05, 3.63) is 24.2 Å². The summed E-state index contributed by atoms with van der Waals surface area (Å²) in [5, 5.41) is 14.6. The number of unbranched alkanes of at least 4 members (excludes halogenated alkanes) is 1. The van der Waals surface area contributed by atoms with E-state index in [1.54, 1.807) is 18.6 Å². The van der Waals surface area contributed by atoms with Gasteiger partial charge in [0.25, 0.3) is 5.91 Å². The van der Waals surface area contributed by atoms with Gasteiger partial charge in [-0.2, -0.15) is 5.10 Å². The number of rotatable bonds is 5. The fraction of sp³-hybridized carbons (Fsp3) is 0.632. The highest BCUT2D eigenvalue weighted by atomic mass is 16.2. The molecule has 1 atom stereocenters. The molecule has 2 aliphatic heterocycles. The summed E-state index contributed by atoms with van der Waals surface area (Å²) >= 11 is 0. The Morgan fingerprint density at radius 3 is 3.00 bits per heavy atom. The molecule has 0 radical (unpaired) electrons. The lowest BCUT2D eigenvalue weighted by Gasteiger charge is -2.48. The number of aromatic amines is 1. The molecule has 2 aromatic rings. The van der Waals surface area contributed by atoms with Crippen LogP contribution < -0.4 is 0 Å². The van der Waals surface area contributed by atoms with E-state index in [0.717, 1.165) is 51.7 Å². The van der Waals surface area contributed by atoms with Crippen LogP contribution >= 0.6 is 0 Å². The third-order valence-corrected chi connectivity index (χ3v) is 5.98. The van der Waals surface area contributed by atoms with Gasteiger partial charge in [-0.15, -0.1) is 5.10 Å². The van der Waals surface area contributed by atoms with Crippen molar-refractivity contribution in [2.45, 2.75) is 45.4 Å². The zero-order chi connectivity index (χ0) is 19.6. The smallest absolute Gasteiger partial charge is 0.259 e. The number of amides is 2. The minimum Gasteiger partial charge on any atom is -0.342 e. The van der Waals surface area contributed by atoms with Crippen LogP contribution in [0.2, 0.25) is 0 Å². The van der Waals surface area contributed by atoms with Gasteiger partial charge in [0.05, 0.1) is 18.6 Å². The van der Waals surface area contributed by atoms with Crippen molar-refractivity contribution >= 4 is 11.8 Å². The lowest BCUT2D eigenvalue weighted by Crippen LogP contribution is -2.55. The molecule has 0 bridgehead atoms. The van der Waals surface area contributed by atoms with Gasteiger partial charge < -0.3 is 9.80 Å². The molecule has 4 heterocycles. The van der Waals surface area contributed by atoms with Crippen LogP contribution in [0.3, 0.4) is 0 Å². The monoisotopic (exact) mass is 385 g/mol. The number of nitrogens with zero attached hydrogens (tertiary/aromatic N) is 6. The number of hydrogen-bond acceptors (Lipinski definition) is 5. The molecule has 0 saturated carbocycles. The minimum atomic E-state index is -0.0460. The summed E-state index contributed by atoms with van der Waals surface area (Å²) in [4.78, 5) is 29.5. The number of carbonyl (C=O) groups is 2. The maximum absolute atomic E-state index is 13.2. The Hall–Kier alpha value is -2.71. The summed E-state index contributed by atoms with van der Waals surface area (Å²) in [6, 6.07) is 0. The average molecular weight is 385 g/mol. The molecule has 28 heavy (non-hydrogen) atoms. The number of nitrogens with one attached hydrogen (secondary N) is 1. The second-order valence-electron chi connectivity index (χ2n) is 7.98. The summed E-state index contributed by atoms with van der Waals surface area (Å²) in [7, 11) is 0. The van der Waals surface area contributed by atoms with Crippen molar-refractivity contribution in [3.63, 3.8) is 0 Å². The molecule has 0 aliphatic carbocycles. The number of hydrogen-bond donors (Lipinski definition) is 1. The van der Waals surface area contributed by atoms with E-state index < -0.39 is 0 Å². The molecule has 2 amide bonds. The first-order valence-electron chi connectivity index (χ1n) is 10.1. The van der Waals surface area contributed by atoms with E-state index in [1.807, 2.05) is 9.80 Å². The van der Waals surface area contributed by atoms with Crippen molar-refractivity contribution in [2.75, 3.05) is 26.2 Å². The maximum Gasteiger partial charge on any atom is 0.259 e. The van der Waals surface area contributed by atoms with Crippen LogP contribution in [0.1, 0.15) is 55.8 Å². The fourth-order valence-corrected chi connectivity index (χ4v) is 4.48. The number of likely N-dealkylation sites (tertiary alicyclic amines) is 2. The van der Waals surface area contributed by atoms with E-state index in [0.29, 0.717) is 24.3 Å². The van der Waals surface area contributed by atoms with E-state index in [-0.39, 0.29) is 17.2 Å². The number of piperidine rings is 2. The SMILES string of the molecule is CCCCN1CC2(CCCN(C(=O)c3cn[nH]c3-n3ccnn3)C2)CCC1=O. The average Bonchev–Trinajstić information content (AvgIpc) is 3.40. The molecule has 1 N–H and O–H groups in total. The second kappa shape index (κ2) is 7.73. The lowest BCUT2D eigenvalue weighted by molar-refractivity contribution is -0.139. The van der Waals surface area contributed by atoms with Crippen molar-refractivity contribution in [1.29, 1.82) is 0 Å². The normalized spacial score (nSPS) is 22.8. The summed E-state index contributed by atoms with van der Waals surface area (Å²) in [5.41, 5.74) is 0.504. The third kappa shape index (κ3) is 3.53. The highest BCUT2D eigenvalue weighted by molar-refractivity contribution is 5.97. The molecule has 4 rings (SSSR count). The van der Waals surface area contributed by atoms with Crippen molar-refractivity contribution < 1.29 is 9.59 Å². The lowest BCUT2D eigenvalue weighted by atomic mass is 9.73. The van der Waals surface area contributed by atoms with Gasteiger partial charge in [-0.05, 0) is 25.7 Å². The van der Waals surface area contributed by atoms with Crippen LogP contribution in [0.4, 0.5) is 0 Å². The Morgan fingerprint density at radius 2 is 2.21 bits per heavy atom. The molecule has 2 aliphatic rings. The van der Waals surface area contributed by atoms with Crippen molar-refractivity contribution in [3.8, 4) is 5.82 Å². The van der Waals surface area contributed by atoms with Gasteiger partial charge in [-0.3, -0.25) is 14.7 Å². The predicted molar refractivity (Wildman–Crippen MR) is 102 cm³/mol. The van der Waals surface area contributed by atoms with Gasteiger partial charge in [0.15, 0.2) is 5.82 Å². The molecule has 1 unspecified atom stereocenters. The largest absolute Gasteiger partial charge is 0.342 e. The molecular weight excluding hydrogens is 358 g/mol. The summed E-state index contributed by atoms with van der Waals surface area (Å²) in [6.45, 7) is 5.14. The van der Waals surface area contributed by atoms with Gasteiger partial charge in [0.1, 0.15) is 5.56 Å². The standard InChI is InChI=1S/C19H27N7O2/c1-2-3-9-24-13-19(7-5-16(24)27)6-4-10-25(14-19)18(28)15-12-21-22-17(15)26-11-8-20-23-26/h8,11-12H,2-7,9-10,13-14H2,1H3,(H,21,22). The Morgan fingerprint density at radius 1 is 1.32 bits per heavy atom. The van der Waals surface area contributed by atoms with Crippen LogP contribution in [-0.4, -0.2) is 73.0 Å². The van der Waals surface area contributed by atoms with Crippen LogP contribution in [0, 0.1) is 5.41 Å². The Bertz CT molecular complexity index is 831. The van der Waals surface area contributed by atoms with Gasteiger partial charge in [-0.25, -0.2) is 4.68 Å². The molecule has 9 heteroatoms. The number of H-pyrrole nitrogens is 1. The minimum absolute atomic E-state index is 0.00666. The molecular formula is C19H27N7O2. The van der Waals surface area contributed by atoms with Crippen molar-refractivity contribution in [2.24, 2.45) is 5.41 Å². The van der Waals surface area contributed by atoms with Crippen LogP contribution in [-0.2, 0) is 4.79 Å². The highest BCUT2D eigenvalue weighted by Crippen LogP contribution is 2.39. The summed E-state index contributed by atoms with van der Waals surface area (Å²) in [5.74, 6) is 0.742. The molecule has 0 aromatic carbocycles. The predicted octanol–water partition coefficient (Wildman–Crippen LogP) is 1.64. The highest BCUT2D eigenvalue weighted by Gasteiger charge is 2.43. The van der Waals surface area contributed by atoms with E-state index in [1.165, 1.54) is 4.68 Å². The Balaban J connectivity index is 1.50. The molecule has 150 valence electrons. The quantitative estimate of drug-likeness (QED) is 0.843. The summed E-state index contributed by atoms with van der Waals surface area (Å²) in [6.07, 6.45) is 10.4. The topological polar surface area (TPSA) is 100 Å². The first-order chi connectivity index (χ1) is 13.6. The van der Waals surface area contributed by atoms with Crippen LogP contribution in [0.15, 0.2) is 18.6 Å². The van der Waals surface area contributed by atoms with Gasteiger partial charge >= 0.3 is 0 Å². The zero-order valence-electron chi connectivity index (χ0n) is 16.3. The molecule has 9 nitrogen and oxygen atoms in total. The fourth-order valence-electron chi connectivity index (χ4n) is 4.48. The van der Waals surface area contributed by atoms with Crippen molar-refractivity contribution in [1.82, 2.24) is 35.0 Å². The number of aromatic nitrogens is 5. The Kier molecular flexibility index (Phi) is 5.15. The van der Waals surface area contributed by atoms with Gasteiger partial charge in [0.2, 0.25) is 5.91 Å².